The van der Waals surface area contributed by atoms with Gasteiger partial charge in [-0.05, 0) is 59.0 Å². The summed E-state index contributed by atoms with van der Waals surface area (Å²) in [6, 6.07) is 11.6. The van der Waals surface area contributed by atoms with Crippen LogP contribution in [0.5, 0.6) is 0 Å². The minimum Gasteiger partial charge on any atom is -0.298 e. The van der Waals surface area contributed by atoms with Crippen molar-refractivity contribution < 1.29 is 9.18 Å². The van der Waals surface area contributed by atoms with Gasteiger partial charge in [-0.2, -0.15) is 0 Å². The summed E-state index contributed by atoms with van der Waals surface area (Å²) in [6.45, 7) is 0. The molecule has 0 saturated heterocycles. The summed E-state index contributed by atoms with van der Waals surface area (Å²) in [5.41, 5.74) is 1.25. The van der Waals surface area contributed by atoms with Crippen LogP contribution in [0.15, 0.2) is 42.5 Å². The molecular weight excluding hydrogens is 390 g/mol. The van der Waals surface area contributed by atoms with Crippen molar-refractivity contribution in [2.45, 2.75) is 0 Å². The molecule has 3 rings (SSSR count). The molecule has 100 valence electrons. The average molecular weight is 398 g/mol. The number of thiazole rings is 1. The molecule has 0 aliphatic carbocycles. The fourth-order valence-electron chi connectivity index (χ4n) is 1.75. The third-order valence-corrected chi connectivity index (χ3v) is 4.26. The van der Waals surface area contributed by atoms with E-state index in [4.69, 9.17) is 0 Å². The largest absolute Gasteiger partial charge is 0.298 e. The molecular formula is C14H8FIN2OS. The normalized spacial score (nSPS) is 10.7. The van der Waals surface area contributed by atoms with Crippen LogP contribution >= 0.6 is 33.9 Å². The van der Waals surface area contributed by atoms with Gasteiger partial charge in [0.05, 0.1) is 10.2 Å². The smallest absolute Gasteiger partial charge is 0.257 e. The van der Waals surface area contributed by atoms with Gasteiger partial charge in [0.2, 0.25) is 0 Å². The van der Waals surface area contributed by atoms with E-state index in [-0.39, 0.29) is 11.7 Å². The second-order valence-corrected chi connectivity index (χ2v) is 6.37. The van der Waals surface area contributed by atoms with Crippen LogP contribution in [0.1, 0.15) is 10.4 Å². The molecule has 0 fully saturated rings. The molecule has 0 aliphatic heterocycles. The van der Waals surface area contributed by atoms with E-state index >= 15 is 0 Å². The predicted octanol–water partition coefficient (Wildman–Crippen LogP) is 4.29. The van der Waals surface area contributed by atoms with Crippen LogP contribution < -0.4 is 5.32 Å². The van der Waals surface area contributed by atoms with Crippen molar-refractivity contribution in [3.8, 4) is 0 Å². The maximum absolute atomic E-state index is 13.1. The van der Waals surface area contributed by atoms with Gasteiger partial charge >= 0.3 is 0 Å². The number of anilines is 1. The Balaban J connectivity index is 1.87. The Labute approximate surface area is 132 Å². The Kier molecular flexibility index (Phi) is 3.66. The van der Waals surface area contributed by atoms with Crippen molar-refractivity contribution in [2.24, 2.45) is 0 Å². The van der Waals surface area contributed by atoms with E-state index in [1.807, 2.05) is 12.1 Å². The minimum absolute atomic E-state index is 0.219. The molecule has 0 unspecified atom stereocenters. The summed E-state index contributed by atoms with van der Waals surface area (Å²) >= 11 is 3.40. The van der Waals surface area contributed by atoms with Crippen LogP contribution in [0.2, 0.25) is 0 Å². The molecule has 0 saturated carbocycles. The number of nitrogens with zero attached hydrogens (tertiary/aromatic N) is 1. The Bertz CT molecular complexity index is 803. The van der Waals surface area contributed by atoms with Gasteiger partial charge in [0.1, 0.15) is 5.82 Å². The van der Waals surface area contributed by atoms with Gasteiger partial charge in [0.15, 0.2) is 5.13 Å². The highest BCUT2D eigenvalue weighted by molar-refractivity contribution is 14.1. The molecule has 2 aromatic carbocycles. The van der Waals surface area contributed by atoms with Gasteiger partial charge in [-0.15, -0.1) is 0 Å². The Morgan fingerprint density at radius 1 is 1.25 bits per heavy atom. The van der Waals surface area contributed by atoms with Crippen LogP contribution in [0, 0.1) is 9.39 Å². The number of carbonyl (C=O) groups excluding carboxylic acids is 1. The van der Waals surface area contributed by atoms with Gasteiger partial charge in [-0.1, -0.05) is 17.4 Å². The molecule has 1 heterocycles. The number of benzene rings is 2. The summed E-state index contributed by atoms with van der Waals surface area (Å²) < 4.78 is 14.8. The highest BCUT2D eigenvalue weighted by atomic mass is 127. The number of hydrogen-bond donors (Lipinski definition) is 1. The van der Waals surface area contributed by atoms with E-state index in [0.717, 1.165) is 3.57 Å². The standard InChI is InChI=1S/C14H8FIN2OS/c15-9-4-5-11-12(7-9)20-14(17-11)18-13(19)8-2-1-3-10(16)6-8/h1-7H,(H,17,18,19). The topological polar surface area (TPSA) is 42.0 Å². The molecule has 0 aliphatic rings. The van der Waals surface area contributed by atoms with E-state index in [9.17, 15) is 9.18 Å². The first-order valence-corrected chi connectivity index (χ1v) is 7.64. The lowest BCUT2D eigenvalue weighted by Gasteiger charge is -2.01. The second kappa shape index (κ2) is 5.45. The molecule has 0 atom stereocenters. The summed E-state index contributed by atoms with van der Waals surface area (Å²) in [4.78, 5) is 16.3. The fraction of sp³-hybridized carbons (Fsp3) is 0. The Morgan fingerprint density at radius 3 is 2.90 bits per heavy atom. The first kappa shape index (κ1) is 13.4. The molecule has 1 aromatic heterocycles. The molecule has 3 nitrogen and oxygen atoms in total. The fourth-order valence-corrected chi connectivity index (χ4v) is 3.18. The van der Waals surface area contributed by atoms with Crippen molar-refractivity contribution in [1.82, 2.24) is 4.98 Å². The predicted molar refractivity (Wildman–Crippen MR) is 86.7 cm³/mol. The molecule has 3 aromatic rings. The van der Waals surface area contributed by atoms with Crippen LogP contribution in [0.25, 0.3) is 10.2 Å². The molecule has 0 radical (unpaired) electrons. The van der Waals surface area contributed by atoms with Crippen molar-refractivity contribution in [3.05, 3.63) is 57.4 Å². The summed E-state index contributed by atoms with van der Waals surface area (Å²) in [7, 11) is 0. The highest BCUT2D eigenvalue weighted by Gasteiger charge is 2.10. The van der Waals surface area contributed by atoms with E-state index in [0.29, 0.717) is 20.9 Å². The van der Waals surface area contributed by atoms with Crippen LogP contribution in [-0.2, 0) is 0 Å². The molecule has 20 heavy (non-hydrogen) atoms. The zero-order valence-corrected chi connectivity index (χ0v) is 13.0. The van der Waals surface area contributed by atoms with Crippen molar-refractivity contribution in [2.75, 3.05) is 5.32 Å². The molecule has 6 heteroatoms. The summed E-state index contributed by atoms with van der Waals surface area (Å²) in [5, 5.41) is 3.20. The third-order valence-electron chi connectivity index (χ3n) is 2.66. The zero-order valence-electron chi connectivity index (χ0n) is 10.1. The Hall–Kier alpha value is -1.54. The monoisotopic (exact) mass is 398 g/mol. The number of hydrogen-bond acceptors (Lipinski definition) is 3. The third kappa shape index (κ3) is 2.80. The lowest BCUT2D eigenvalue weighted by atomic mass is 10.2. The number of halogens is 2. The lowest BCUT2D eigenvalue weighted by Crippen LogP contribution is -2.11. The molecule has 0 bridgehead atoms. The van der Waals surface area contributed by atoms with Crippen LogP contribution in [0.4, 0.5) is 9.52 Å². The molecule has 1 amide bonds. The van der Waals surface area contributed by atoms with Crippen LogP contribution in [0.3, 0.4) is 0 Å². The minimum atomic E-state index is -0.309. The van der Waals surface area contributed by atoms with E-state index in [1.165, 1.54) is 23.5 Å². The van der Waals surface area contributed by atoms with Crippen molar-refractivity contribution >= 4 is 55.2 Å². The maximum atomic E-state index is 13.1. The van der Waals surface area contributed by atoms with Crippen LogP contribution in [-0.4, -0.2) is 10.9 Å². The highest BCUT2D eigenvalue weighted by Crippen LogP contribution is 2.26. The van der Waals surface area contributed by atoms with Gasteiger partial charge < -0.3 is 0 Å². The number of aromatic nitrogens is 1. The number of carbonyl (C=O) groups is 1. The average Bonchev–Trinajstić information content (AvgIpc) is 2.80. The molecule has 1 N–H and O–H groups in total. The van der Waals surface area contributed by atoms with Gasteiger partial charge in [-0.25, -0.2) is 9.37 Å². The first-order chi connectivity index (χ1) is 9.61. The van der Waals surface area contributed by atoms with Gasteiger partial charge in [0, 0.05) is 9.13 Å². The first-order valence-electron chi connectivity index (χ1n) is 5.75. The number of amides is 1. The number of nitrogens with one attached hydrogen (secondary N) is 1. The van der Waals surface area contributed by atoms with E-state index in [1.54, 1.807) is 18.2 Å². The van der Waals surface area contributed by atoms with Crippen molar-refractivity contribution in [3.63, 3.8) is 0 Å². The summed E-state index contributed by atoms with van der Waals surface area (Å²) in [6.07, 6.45) is 0. The zero-order chi connectivity index (χ0) is 14.1. The van der Waals surface area contributed by atoms with Crippen molar-refractivity contribution in [1.29, 1.82) is 0 Å². The number of fused-ring (bicyclic) bond motifs is 1. The number of rotatable bonds is 2. The maximum Gasteiger partial charge on any atom is 0.257 e. The van der Waals surface area contributed by atoms with E-state index < -0.39 is 0 Å². The van der Waals surface area contributed by atoms with Gasteiger partial charge in [-0.3, -0.25) is 10.1 Å². The second-order valence-electron chi connectivity index (χ2n) is 4.10. The SMILES string of the molecule is O=C(Nc1nc2ccc(F)cc2s1)c1cccc(I)c1. The lowest BCUT2D eigenvalue weighted by molar-refractivity contribution is 0.102. The molecule has 0 spiro atoms. The Morgan fingerprint density at radius 2 is 2.10 bits per heavy atom. The van der Waals surface area contributed by atoms with E-state index in [2.05, 4.69) is 32.9 Å². The summed E-state index contributed by atoms with van der Waals surface area (Å²) in [5.74, 6) is -0.528. The van der Waals surface area contributed by atoms with Gasteiger partial charge in [0.25, 0.3) is 5.91 Å². The quantitative estimate of drug-likeness (QED) is 0.655.